The van der Waals surface area contributed by atoms with E-state index in [2.05, 4.69) is 26.5 Å². The number of nitriles is 1. The largest absolute Gasteiger partial charge is 0.295 e. The third-order valence-corrected chi connectivity index (χ3v) is 8.86. The van der Waals surface area contributed by atoms with Gasteiger partial charge in [-0.25, -0.2) is 0 Å². The first-order valence-corrected chi connectivity index (χ1v) is 9.73. The van der Waals surface area contributed by atoms with Gasteiger partial charge in [0.25, 0.3) is 0 Å². The molecule has 0 aromatic carbocycles. The van der Waals surface area contributed by atoms with Crippen molar-refractivity contribution >= 4 is 5.78 Å². The third kappa shape index (κ3) is 1.60. The maximum Gasteiger partial charge on any atom is 0.156 e. The van der Waals surface area contributed by atoms with Crippen LogP contribution in [-0.4, -0.2) is 5.78 Å². The van der Waals surface area contributed by atoms with Gasteiger partial charge in [-0.05, 0) is 84.2 Å². The summed E-state index contributed by atoms with van der Waals surface area (Å²) in [7, 11) is 0. The highest BCUT2D eigenvalue weighted by Gasteiger charge is 2.70. The summed E-state index contributed by atoms with van der Waals surface area (Å²) in [5, 5.41) is 9.77. The quantitative estimate of drug-likeness (QED) is 0.650. The lowest BCUT2D eigenvalue weighted by atomic mass is 9.45. The highest BCUT2D eigenvalue weighted by atomic mass is 16.1. The van der Waals surface area contributed by atoms with E-state index in [1.807, 2.05) is 6.08 Å². The second-order valence-corrected chi connectivity index (χ2v) is 9.76. The van der Waals surface area contributed by atoms with Gasteiger partial charge in [-0.15, -0.1) is 0 Å². The summed E-state index contributed by atoms with van der Waals surface area (Å²) >= 11 is 0. The van der Waals surface area contributed by atoms with Crippen molar-refractivity contribution in [3.63, 3.8) is 0 Å². The molecule has 0 heterocycles. The van der Waals surface area contributed by atoms with Crippen LogP contribution >= 0.6 is 0 Å². The predicted octanol–water partition coefficient (Wildman–Crippen LogP) is 4.68. The van der Waals surface area contributed by atoms with Crippen LogP contribution in [0.15, 0.2) is 23.8 Å². The number of ketones is 1. The van der Waals surface area contributed by atoms with Crippen LogP contribution in [0.4, 0.5) is 0 Å². The maximum atomic E-state index is 12.0. The van der Waals surface area contributed by atoms with Crippen molar-refractivity contribution in [3.05, 3.63) is 23.8 Å². The fourth-order valence-electron chi connectivity index (χ4n) is 7.78. The molecule has 8 atom stereocenters. The van der Waals surface area contributed by atoms with Gasteiger partial charge in [0.15, 0.2) is 5.78 Å². The van der Waals surface area contributed by atoms with Crippen molar-refractivity contribution in [3.8, 4) is 6.07 Å². The molecule has 5 aliphatic rings. The van der Waals surface area contributed by atoms with Crippen LogP contribution in [0.2, 0.25) is 0 Å². The number of nitrogens with zero attached hydrogens (tertiary/aromatic N) is 1. The normalized spacial score (nSPS) is 54.8. The molecule has 2 heteroatoms. The van der Waals surface area contributed by atoms with E-state index < -0.39 is 0 Å². The smallest absolute Gasteiger partial charge is 0.156 e. The Balaban J connectivity index is 1.58. The first-order chi connectivity index (χ1) is 11.4. The van der Waals surface area contributed by atoms with Gasteiger partial charge in [-0.2, -0.15) is 5.26 Å². The number of carbonyl (C=O) groups is 1. The van der Waals surface area contributed by atoms with Gasteiger partial charge in [0.1, 0.15) is 0 Å². The molecule has 5 rings (SSSR count). The van der Waals surface area contributed by atoms with E-state index in [4.69, 9.17) is 0 Å². The number of allylic oxidation sites excluding steroid dienone is 2. The summed E-state index contributed by atoms with van der Waals surface area (Å²) in [6.07, 6.45) is 8.38. The van der Waals surface area contributed by atoms with Crippen molar-refractivity contribution in [2.75, 3.05) is 0 Å². The van der Waals surface area contributed by atoms with Gasteiger partial charge >= 0.3 is 0 Å². The highest BCUT2D eigenvalue weighted by Crippen LogP contribution is 2.75. The van der Waals surface area contributed by atoms with Crippen LogP contribution in [0.25, 0.3) is 0 Å². The van der Waals surface area contributed by atoms with E-state index >= 15 is 0 Å². The zero-order chi connectivity index (χ0) is 16.9. The molecule has 0 unspecified atom stereocenters. The first-order valence-electron chi connectivity index (χ1n) is 9.73. The molecular formula is C22H27NO. The summed E-state index contributed by atoms with van der Waals surface area (Å²) in [5.41, 5.74) is 2.86. The molecule has 0 aromatic rings. The van der Waals surface area contributed by atoms with Gasteiger partial charge in [-0.1, -0.05) is 26.0 Å². The third-order valence-electron chi connectivity index (χ3n) is 8.86. The van der Waals surface area contributed by atoms with E-state index in [-0.39, 0.29) is 22.5 Å². The Hall–Kier alpha value is -1.36. The van der Waals surface area contributed by atoms with E-state index in [1.54, 1.807) is 0 Å². The van der Waals surface area contributed by atoms with Crippen LogP contribution in [0.1, 0.15) is 52.4 Å². The fourth-order valence-corrected chi connectivity index (χ4v) is 7.78. The first kappa shape index (κ1) is 14.9. The Morgan fingerprint density at radius 3 is 2.79 bits per heavy atom. The molecule has 2 nitrogen and oxygen atoms in total. The SMILES string of the molecule is C=C1C[C@H]2[C@@H]3[C@@H]4C[C@@H]4[C@H](C#N)[C@@]3(C)CC[C@@H]2[C@@]2(C)CCC(=O)C=C12. The summed E-state index contributed by atoms with van der Waals surface area (Å²) in [5.74, 6) is 4.10. The average Bonchev–Trinajstić information content (AvgIpc) is 3.24. The molecule has 24 heavy (non-hydrogen) atoms. The number of hydrogen-bond acceptors (Lipinski definition) is 2. The van der Waals surface area contributed by atoms with Crippen molar-refractivity contribution < 1.29 is 4.79 Å². The van der Waals surface area contributed by atoms with Crippen LogP contribution in [0.5, 0.6) is 0 Å². The lowest BCUT2D eigenvalue weighted by Gasteiger charge is -2.58. The highest BCUT2D eigenvalue weighted by molar-refractivity contribution is 5.92. The summed E-state index contributed by atoms with van der Waals surface area (Å²) in [4.78, 5) is 12.0. The minimum Gasteiger partial charge on any atom is -0.295 e. The minimum absolute atomic E-state index is 0.143. The van der Waals surface area contributed by atoms with Gasteiger partial charge in [0.2, 0.25) is 0 Å². The Labute approximate surface area is 145 Å². The standard InChI is InChI=1S/C22H27NO/c1-12-8-16-17(21(2)6-4-13(24)9-18(12)21)5-7-22(3)19(11-23)14-10-15(14)20(16)22/h9,14-17,19-20H,1,4-8,10H2,2-3H3/t14-,15+,16+,17-,19-,20-,21+,22+/m0/s1. The number of hydrogen-bond donors (Lipinski definition) is 0. The Bertz CT molecular complexity index is 727. The van der Waals surface area contributed by atoms with Crippen molar-refractivity contribution in [2.24, 2.45) is 46.3 Å². The van der Waals surface area contributed by atoms with E-state index in [0.717, 1.165) is 18.8 Å². The summed E-state index contributed by atoms with van der Waals surface area (Å²) in [6, 6.07) is 2.69. The fraction of sp³-hybridized carbons (Fsp3) is 0.727. The second kappa shape index (κ2) is 4.43. The van der Waals surface area contributed by atoms with E-state index in [0.29, 0.717) is 30.1 Å². The monoisotopic (exact) mass is 321 g/mol. The van der Waals surface area contributed by atoms with Gasteiger partial charge < -0.3 is 0 Å². The number of rotatable bonds is 0. The number of carbonyl (C=O) groups excluding carboxylic acids is 1. The maximum absolute atomic E-state index is 12.0. The van der Waals surface area contributed by atoms with Crippen LogP contribution in [0, 0.1) is 57.7 Å². The molecule has 0 aromatic heterocycles. The lowest BCUT2D eigenvalue weighted by molar-refractivity contribution is -0.117. The molecule has 4 saturated carbocycles. The molecule has 0 bridgehead atoms. The zero-order valence-corrected chi connectivity index (χ0v) is 14.8. The van der Waals surface area contributed by atoms with Crippen molar-refractivity contribution in [1.29, 1.82) is 5.26 Å². The summed E-state index contributed by atoms with van der Waals surface area (Å²) < 4.78 is 0. The topological polar surface area (TPSA) is 40.9 Å². The van der Waals surface area contributed by atoms with Crippen LogP contribution < -0.4 is 0 Å². The molecule has 0 spiro atoms. The van der Waals surface area contributed by atoms with Gasteiger partial charge in [0, 0.05) is 6.42 Å². The molecule has 4 fully saturated rings. The van der Waals surface area contributed by atoms with Crippen molar-refractivity contribution in [1.82, 2.24) is 0 Å². The lowest BCUT2D eigenvalue weighted by Crippen LogP contribution is -2.52. The second-order valence-electron chi connectivity index (χ2n) is 9.76. The van der Waals surface area contributed by atoms with Crippen LogP contribution in [-0.2, 0) is 4.79 Å². The molecule has 0 aliphatic heterocycles. The Morgan fingerprint density at radius 1 is 1.25 bits per heavy atom. The molecule has 0 saturated heterocycles. The molecule has 126 valence electrons. The van der Waals surface area contributed by atoms with E-state index in [9.17, 15) is 10.1 Å². The summed E-state index contributed by atoms with van der Waals surface area (Å²) in [6.45, 7) is 9.21. The molecule has 0 radical (unpaired) electrons. The van der Waals surface area contributed by atoms with Crippen molar-refractivity contribution in [2.45, 2.75) is 52.4 Å². The van der Waals surface area contributed by atoms with Gasteiger partial charge in [0.05, 0.1) is 12.0 Å². The van der Waals surface area contributed by atoms with Crippen LogP contribution in [0.3, 0.4) is 0 Å². The zero-order valence-electron chi connectivity index (χ0n) is 14.8. The average molecular weight is 321 g/mol. The predicted molar refractivity (Wildman–Crippen MR) is 92.7 cm³/mol. The molecular weight excluding hydrogens is 294 g/mol. The Kier molecular flexibility index (Phi) is 2.75. The molecule has 0 N–H and O–H groups in total. The molecule has 5 aliphatic carbocycles. The number of fused-ring (bicyclic) bond motifs is 7. The Morgan fingerprint density at radius 2 is 2.04 bits per heavy atom. The van der Waals surface area contributed by atoms with Gasteiger partial charge in [-0.3, -0.25) is 4.79 Å². The van der Waals surface area contributed by atoms with E-state index in [1.165, 1.54) is 30.4 Å². The minimum atomic E-state index is 0.143. The molecule has 0 amide bonds.